The molecule has 0 heterocycles. The fourth-order valence-electron chi connectivity index (χ4n) is 1.28. The highest BCUT2D eigenvalue weighted by atomic mass is 32.2. The lowest BCUT2D eigenvalue weighted by atomic mass is 10.1. The maximum atomic E-state index is 10.9. The Morgan fingerprint density at radius 1 is 1.39 bits per heavy atom. The van der Waals surface area contributed by atoms with Crippen LogP contribution in [0.2, 0.25) is 0 Å². The molecule has 18 heavy (non-hydrogen) atoms. The van der Waals surface area contributed by atoms with Crippen molar-refractivity contribution >= 4 is 17.7 Å². The summed E-state index contributed by atoms with van der Waals surface area (Å²) in [6.07, 6.45) is 0.460. The standard InChI is InChI=1S/C14H17NO2S/c1-17-14(16)8-10-18-11-13-6-4-12(5-7-13)3-2-9-15/h4-7H,8-11,15H2,1H3. The maximum Gasteiger partial charge on any atom is 0.306 e. The van der Waals surface area contributed by atoms with E-state index >= 15 is 0 Å². The van der Waals surface area contributed by atoms with Gasteiger partial charge in [-0.15, -0.1) is 0 Å². The molecule has 0 aliphatic carbocycles. The van der Waals surface area contributed by atoms with Crippen LogP contribution in [0.4, 0.5) is 0 Å². The Hall–Kier alpha value is -1.44. The lowest BCUT2D eigenvalue weighted by Crippen LogP contribution is -2.01. The highest BCUT2D eigenvalue weighted by Crippen LogP contribution is 2.14. The van der Waals surface area contributed by atoms with Crippen molar-refractivity contribution in [1.29, 1.82) is 0 Å². The molecule has 1 rings (SSSR count). The van der Waals surface area contributed by atoms with Crippen molar-refractivity contribution < 1.29 is 9.53 Å². The van der Waals surface area contributed by atoms with E-state index in [2.05, 4.69) is 16.6 Å². The number of methoxy groups -OCH3 is 1. The lowest BCUT2D eigenvalue weighted by molar-refractivity contribution is -0.140. The molecule has 0 saturated carbocycles. The van der Waals surface area contributed by atoms with E-state index in [1.807, 2.05) is 24.3 Å². The van der Waals surface area contributed by atoms with Gasteiger partial charge in [-0.05, 0) is 17.7 Å². The third-order valence-electron chi connectivity index (χ3n) is 2.24. The Balaban J connectivity index is 2.33. The molecule has 0 aromatic heterocycles. The normalized spacial score (nSPS) is 9.44. The molecule has 1 aromatic rings. The van der Waals surface area contributed by atoms with E-state index in [0.717, 1.165) is 17.1 Å². The number of esters is 1. The molecule has 0 spiro atoms. The zero-order chi connectivity index (χ0) is 13.2. The highest BCUT2D eigenvalue weighted by Gasteiger charge is 2.00. The summed E-state index contributed by atoms with van der Waals surface area (Å²) in [6.45, 7) is 0.380. The molecule has 0 atom stereocenters. The quantitative estimate of drug-likeness (QED) is 0.500. The molecule has 0 fully saturated rings. The number of benzene rings is 1. The first-order chi connectivity index (χ1) is 8.76. The molecule has 0 saturated heterocycles. The first-order valence-electron chi connectivity index (χ1n) is 5.68. The first kappa shape index (κ1) is 14.6. The number of carbonyl (C=O) groups excluding carboxylic acids is 1. The van der Waals surface area contributed by atoms with Gasteiger partial charge in [0.2, 0.25) is 0 Å². The van der Waals surface area contributed by atoms with Crippen LogP contribution in [0.25, 0.3) is 0 Å². The minimum atomic E-state index is -0.157. The smallest absolute Gasteiger partial charge is 0.306 e. The number of hydrogen-bond acceptors (Lipinski definition) is 4. The van der Waals surface area contributed by atoms with Gasteiger partial charge < -0.3 is 10.5 Å². The van der Waals surface area contributed by atoms with Gasteiger partial charge in [0.15, 0.2) is 0 Å². The third-order valence-corrected chi connectivity index (χ3v) is 3.27. The van der Waals surface area contributed by atoms with Gasteiger partial charge in [-0.1, -0.05) is 24.0 Å². The van der Waals surface area contributed by atoms with E-state index in [1.54, 1.807) is 11.8 Å². The van der Waals surface area contributed by atoms with Gasteiger partial charge >= 0.3 is 5.97 Å². The molecule has 0 bridgehead atoms. The number of thioether (sulfide) groups is 1. The van der Waals surface area contributed by atoms with Crippen LogP contribution in [0.1, 0.15) is 17.5 Å². The van der Waals surface area contributed by atoms with Crippen molar-refractivity contribution in [3.63, 3.8) is 0 Å². The van der Waals surface area contributed by atoms with Crippen LogP contribution in [-0.2, 0) is 15.3 Å². The predicted molar refractivity (Wildman–Crippen MR) is 75.2 cm³/mol. The molecule has 0 aliphatic heterocycles. The van der Waals surface area contributed by atoms with Gasteiger partial charge in [-0.25, -0.2) is 0 Å². The van der Waals surface area contributed by atoms with E-state index in [0.29, 0.717) is 13.0 Å². The van der Waals surface area contributed by atoms with E-state index in [1.165, 1.54) is 12.7 Å². The Morgan fingerprint density at radius 2 is 2.11 bits per heavy atom. The minimum absolute atomic E-state index is 0.157. The Labute approximate surface area is 112 Å². The van der Waals surface area contributed by atoms with Crippen LogP contribution in [0.5, 0.6) is 0 Å². The summed E-state index contributed by atoms with van der Waals surface area (Å²) >= 11 is 1.72. The average molecular weight is 263 g/mol. The zero-order valence-corrected chi connectivity index (χ0v) is 11.3. The molecule has 0 unspecified atom stereocenters. The molecule has 2 N–H and O–H groups in total. The maximum absolute atomic E-state index is 10.9. The van der Waals surface area contributed by atoms with Crippen LogP contribution in [-0.4, -0.2) is 25.4 Å². The summed E-state index contributed by atoms with van der Waals surface area (Å²) < 4.78 is 4.58. The van der Waals surface area contributed by atoms with Gasteiger partial charge in [0, 0.05) is 17.1 Å². The molecule has 0 radical (unpaired) electrons. The molecular formula is C14H17NO2S. The van der Waals surface area contributed by atoms with E-state index in [4.69, 9.17) is 5.73 Å². The molecule has 0 aliphatic rings. The van der Waals surface area contributed by atoms with Crippen LogP contribution < -0.4 is 5.73 Å². The SMILES string of the molecule is COC(=O)CCSCc1ccc(C#CCN)cc1. The van der Waals surface area contributed by atoms with Gasteiger partial charge in [0.1, 0.15) is 0 Å². The predicted octanol–water partition coefficient (Wildman–Crippen LogP) is 1.79. The summed E-state index contributed by atoms with van der Waals surface area (Å²) in [5.41, 5.74) is 7.51. The summed E-state index contributed by atoms with van der Waals surface area (Å²) in [4.78, 5) is 10.9. The van der Waals surface area contributed by atoms with Crippen LogP contribution in [0.3, 0.4) is 0 Å². The monoisotopic (exact) mass is 263 g/mol. The van der Waals surface area contributed by atoms with Gasteiger partial charge in [-0.2, -0.15) is 11.8 Å². The number of ether oxygens (including phenoxy) is 1. The second-order valence-electron chi connectivity index (χ2n) is 3.58. The van der Waals surface area contributed by atoms with E-state index in [9.17, 15) is 4.79 Å². The van der Waals surface area contributed by atoms with Crippen molar-refractivity contribution in [1.82, 2.24) is 0 Å². The molecule has 0 amide bonds. The number of carbonyl (C=O) groups is 1. The fraction of sp³-hybridized carbons (Fsp3) is 0.357. The summed E-state index contributed by atoms with van der Waals surface area (Å²) in [5.74, 6) is 7.31. The van der Waals surface area contributed by atoms with Gasteiger partial charge in [-0.3, -0.25) is 4.79 Å². The third kappa shape index (κ3) is 5.76. The number of hydrogen-bond donors (Lipinski definition) is 1. The van der Waals surface area contributed by atoms with E-state index < -0.39 is 0 Å². The van der Waals surface area contributed by atoms with Gasteiger partial charge in [0.05, 0.1) is 20.1 Å². The minimum Gasteiger partial charge on any atom is -0.469 e. The lowest BCUT2D eigenvalue weighted by Gasteiger charge is -2.01. The summed E-state index contributed by atoms with van der Waals surface area (Å²) in [7, 11) is 1.41. The first-order valence-corrected chi connectivity index (χ1v) is 6.84. The molecule has 96 valence electrons. The fourth-order valence-corrected chi connectivity index (χ4v) is 2.17. The number of nitrogens with two attached hydrogens (primary N) is 1. The Bertz CT molecular complexity index is 431. The molecule has 4 heteroatoms. The summed E-state index contributed by atoms with van der Waals surface area (Å²) in [6, 6.07) is 8.06. The van der Waals surface area contributed by atoms with Crippen molar-refractivity contribution in [2.45, 2.75) is 12.2 Å². The second-order valence-corrected chi connectivity index (χ2v) is 4.69. The zero-order valence-electron chi connectivity index (χ0n) is 10.4. The summed E-state index contributed by atoms with van der Waals surface area (Å²) in [5, 5.41) is 0. The van der Waals surface area contributed by atoms with E-state index in [-0.39, 0.29) is 5.97 Å². The van der Waals surface area contributed by atoms with Crippen molar-refractivity contribution in [3.05, 3.63) is 35.4 Å². The topological polar surface area (TPSA) is 52.3 Å². The van der Waals surface area contributed by atoms with Crippen LogP contribution in [0.15, 0.2) is 24.3 Å². The van der Waals surface area contributed by atoms with Gasteiger partial charge in [0.25, 0.3) is 0 Å². The van der Waals surface area contributed by atoms with Crippen molar-refractivity contribution in [2.24, 2.45) is 5.73 Å². The highest BCUT2D eigenvalue weighted by molar-refractivity contribution is 7.98. The molecule has 3 nitrogen and oxygen atoms in total. The van der Waals surface area contributed by atoms with Crippen molar-refractivity contribution in [3.8, 4) is 11.8 Å². The largest absolute Gasteiger partial charge is 0.469 e. The molecular weight excluding hydrogens is 246 g/mol. The molecule has 1 aromatic carbocycles. The van der Waals surface area contributed by atoms with Crippen LogP contribution >= 0.6 is 11.8 Å². The van der Waals surface area contributed by atoms with Crippen LogP contribution in [0, 0.1) is 11.8 Å². The number of rotatable bonds is 5. The second kappa shape index (κ2) is 8.62. The Morgan fingerprint density at radius 3 is 2.72 bits per heavy atom. The average Bonchev–Trinajstić information content (AvgIpc) is 2.42. The Kier molecular flexibility index (Phi) is 7.00. The van der Waals surface area contributed by atoms with Crippen molar-refractivity contribution in [2.75, 3.05) is 19.4 Å².